The summed E-state index contributed by atoms with van der Waals surface area (Å²) < 4.78 is 23.9. The van der Waals surface area contributed by atoms with Crippen LogP contribution in [0.5, 0.6) is 11.5 Å². The van der Waals surface area contributed by atoms with Crippen molar-refractivity contribution in [1.82, 2.24) is 5.43 Å². The van der Waals surface area contributed by atoms with E-state index < -0.39 is 5.91 Å². The Morgan fingerprint density at radius 2 is 2.04 bits per heavy atom. The number of nitrogens with zero attached hydrogens (tertiary/aromatic N) is 1. The first-order valence-electron chi connectivity index (χ1n) is 7.78. The van der Waals surface area contributed by atoms with Crippen LogP contribution in [0.15, 0.2) is 52.5 Å². The summed E-state index contributed by atoms with van der Waals surface area (Å²) >= 11 is 1.08. The van der Waals surface area contributed by atoms with Crippen molar-refractivity contribution < 1.29 is 23.5 Å². The average Bonchev–Trinajstić information content (AvgIpc) is 2.66. The molecule has 0 atom stereocenters. The van der Waals surface area contributed by atoms with E-state index in [9.17, 15) is 14.0 Å². The molecule has 0 saturated heterocycles. The fourth-order valence-corrected chi connectivity index (χ4v) is 2.68. The minimum absolute atomic E-state index is 0.0293. The van der Waals surface area contributed by atoms with Crippen molar-refractivity contribution in [1.29, 1.82) is 0 Å². The third kappa shape index (κ3) is 6.63. The minimum atomic E-state index is -0.598. The van der Waals surface area contributed by atoms with E-state index in [2.05, 4.69) is 10.5 Å². The highest BCUT2D eigenvalue weighted by Gasteiger charge is 2.07. The number of nitrogens with two attached hydrogens (primary N) is 1. The summed E-state index contributed by atoms with van der Waals surface area (Å²) in [6, 6.07) is 11.1. The number of carbonyl (C=O) groups is 2. The molecule has 2 amide bonds. The summed E-state index contributed by atoms with van der Waals surface area (Å²) in [5.74, 6) is -0.557. The van der Waals surface area contributed by atoms with Gasteiger partial charge in [-0.25, -0.2) is 9.82 Å². The van der Waals surface area contributed by atoms with Crippen LogP contribution < -0.4 is 20.6 Å². The molecule has 27 heavy (non-hydrogen) atoms. The Kier molecular flexibility index (Phi) is 7.63. The van der Waals surface area contributed by atoms with Crippen molar-refractivity contribution in [3.05, 3.63) is 53.8 Å². The van der Waals surface area contributed by atoms with Gasteiger partial charge in [-0.15, -0.1) is 11.8 Å². The zero-order valence-corrected chi connectivity index (χ0v) is 15.3. The Bertz CT molecular complexity index is 845. The molecule has 0 fully saturated rings. The molecule has 2 aromatic rings. The summed E-state index contributed by atoms with van der Waals surface area (Å²) in [4.78, 5) is 23.0. The SMILES string of the molecule is COc1cc(/C=N\NC(=O)CSc2ccccc2F)ccc1OCC(N)=O. The molecule has 0 bridgehead atoms. The van der Waals surface area contributed by atoms with E-state index in [4.69, 9.17) is 15.2 Å². The number of hydrogen-bond donors (Lipinski definition) is 2. The van der Waals surface area contributed by atoms with Gasteiger partial charge in [0.05, 0.1) is 19.1 Å². The zero-order valence-electron chi connectivity index (χ0n) is 14.5. The Hall–Kier alpha value is -3.07. The minimum Gasteiger partial charge on any atom is -0.493 e. The highest BCUT2D eigenvalue weighted by Crippen LogP contribution is 2.27. The Labute approximate surface area is 159 Å². The van der Waals surface area contributed by atoms with Gasteiger partial charge in [0, 0.05) is 4.90 Å². The van der Waals surface area contributed by atoms with Crippen LogP contribution in [0.2, 0.25) is 0 Å². The second kappa shape index (κ2) is 10.2. The van der Waals surface area contributed by atoms with Crippen LogP contribution in [0.4, 0.5) is 4.39 Å². The van der Waals surface area contributed by atoms with Crippen LogP contribution in [0.25, 0.3) is 0 Å². The van der Waals surface area contributed by atoms with Crippen molar-refractivity contribution in [2.75, 3.05) is 19.5 Å². The number of amides is 2. The normalized spacial score (nSPS) is 10.6. The molecule has 0 radical (unpaired) electrons. The van der Waals surface area contributed by atoms with Crippen LogP contribution in [-0.2, 0) is 9.59 Å². The third-order valence-corrected chi connectivity index (χ3v) is 4.20. The molecule has 0 spiro atoms. The largest absolute Gasteiger partial charge is 0.493 e. The van der Waals surface area contributed by atoms with Gasteiger partial charge in [-0.2, -0.15) is 5.10 Å². The topological polar surface area (TPSA) is 103 Å². The fraction of sp³-hybridized carbons (Fsp3) is 0.167. The summed E-state index contributed by atoms with van der Waals surface area (Å²) in [6.45, 7) is -0.264. The number of carbonyl (C=O) groups excluding carboxylic acids is 2. The van der Waals surface area contributed by atoms with Crippen molar-refractivity contribution in [3.8, 4) is 11.5 Å². The van der Waals surface area contributed by atoms with Gasteiger partial charge >= 0.3 is 0 Å². The number of benzene rings is 2. The van der Waals surface area contributed by atoms with Gasteiger partial charge in [0.1, 0.15) is 5.82 Å². The van der Waals surface area contributed by atoms with Gasteiger partial charge in [0.15, 0.2) is 18.1 Å². The smallest absolute Gasteiger partial charge is 0.255 e. The first kappa shape index (κ1) is 20.2. The first-order valence-corrected chi connectivity index (χ1v) is 8.76. The van der Waals surface area contributed by atoms with Crippen molar-refractivity contribution in [2.24, 2.45) is 10.8 Å². The maximum atomic E-state index is 13.5. The molecule has 0 aliphatic carbocycles. The monoisotopic (exact) mass is 391 g/mol. The van der Waals surface area contributed by atoms with Crippen molar-refractivity contribution >= 4 is 29.8 Å². The van der Waals surface area contributed by atoms with Crippen LogP contribution in [0, 0.1) is 5.82 Å². The number of thioether (sulfide) groups is 1. The van der Waals surface area contributed by atoms with E-state index >= 15 is 0 Å². The fourth-order valence-electron chi connectivity index (χ4n) is 1.95. The summed E-state index contributed by atoms with van der Waals surface area (Å²) in [5, 5.41) is 3.85. The number of halogens is 1. The molecule has 0 aliphatic rings. The maximum absolute atomic E-state index is 13.5. The van der Waals surface area contributed by atoms with Gasteiger partial charge in [0.25, 0.3) is 5.91 Å². The lowest BCUT2D eigenvalue weighted by molar-refractivity contribution is -0.120. The van der Waals surface area contributed by atoms with E-state index in [0.29, 0.717) is 22.0 Å². The standard InChI is InChI=1S/C18H18FN3O4S/c1-25-15-8-12(6-7-14(15)26-10-17(20)23)9-21-22-18(24)11-27-16-5-3-2-4-13(16)19/h2-9H,10-11H2,1H3,(H2,20,23)(H,22,24)/b21-9-. The van der Waals surface area contributed by atoms with Gasteiger partial charge in [0.2, 0.25) is 5.91 Å². The van der Waals surface area contributed by atoms with E-state index in [1.165, 1.54) is 19.4 Å². The lowest BCUT2D eigenvalue weighted by atomic mass is 10.2. The summed E-state index contributed by atoms with van der Waals surface area (Å²) in [6.07, 6.45) is 1.42. The van der Waals surface area contributed by atoms with Gasteiger partial charge in [-0.3, -0.25) is 9.59 Å². The second-order valence-electron chi connectivity index (χ2n) is 5.18. The van der Waals surface area contributed by atoms with Crippen LogP contribution in [-0.4, -0.2) is 37.5 Å². The Morgan fingerprint density at radius 1 is 1.26 bits per heavy atom. The lowest BCUT2D eigenvalue weighted by Crippen LogP contribution is -2.20. The van der Waals surface area contributed by atoms with E-state index in [1.54, 1.807) is 36.4 Å². The molecule has 2 aromatic carbocycles. The summed E-state index contributed by atoms with van der Waals surface area (Å²) in [7, 11) is 1.45. The highest BCUT2D eigenvalue weighted by molar-refractivity contribution is 8.00. The molecule has 9 heteroatoms. The molecular formula is C18H18FN3O4S. The zero-order chi connectivity index (χ0) is 19.6. The molecular weight excluding hydrogens is 373 g/mol. The van der Waals surface area contributed by atoms with Crippen LogP contribution in [0.3, 0.4) is 0 Å². The third-order valence-electron chi connectivity index (χ3n) is 3.16. The number of ether oxygens (including phenoxy) is 2. The lowest BCUT2D eigenvalue weighted by Gasteiger charge is -2.09. The molecule has 7 nitrogen and oxygen atoms in total. The average molecular weight is 391 g/mol. The van der Waals surface area contributed by atoms with Crippen molar-refractivity contribution in [3.63, 3.8) is 0 Å². The molecule has 0 saturated carbocycles. The molecule has 2 rings (SSSR count). The number of hydrogen-bond acceptors (Lipinski definition) is 6. The van der Waals surface area contributed by atoms with Crippen LogP contribution >= 0.6 is 11.8 Å². The van der Waals surface area contributed by atoms with Gasteiger partial charge in [-0.05, 0) is 35.9 Å². The number of primary amides is 1. The van der Waals surface area contributed by atoms with E-state index in [1.807, 2.05) is 0 Å². The molecule has 0 aromatic heterocycles. The van der Waals surface area contributed by atoms with Gasteiger partial charge < -0.3 is 15.2 Å². The second-order valence-corrected chi connectivity index (χ2v) is 6.19. The Balaban J connectivity index is 1.88. The quantitative estimate of drug-likeness (QED) is 0.386. The van der Waals surface area contributed by atoms with E-state index in [0.717, 1.165) is 11.8 Å². The number of hydrazone groups is 1. The molecule has 0 unspecified atom stereocenters. The first-order chi connectivity index (χ1) is 13.0. The molecule has 3 N–H and O–H groups in total. The number of rotatable bonds is 9. The highest BCUT2D eigenvalue weighted by atomic mass is 32.2. The predicted molar refractivity (Wildman–Crippen MR) is 101 cm³/mol. The summed E-state index contributed by atoms with van der Waals surface area (Å²) in [5.41, 5.74) is 8.04. The maximum Gasteiger partial charge on any atom is 0.255 e. The Morgan fingerprint density at radius 3 is 2.74 bits per heavy atom. The molecule has 0 heterocycles. The van der Waals surface area contributed by atoms with E-state index in [-0.39, 0.29) is 24.1 Å². The molecule has 0 aliphatic heterocycles. The van der Waals surface area contributed by atoms with Crippen molar-refractivity contribution in [2.45, 2.75) is 4.90 Å². The molecule has 142 valence electrons. The number of methoxy groups -OCH3 is 1. The van der Waals surface area contributed by atoms with Gasteiger partial charge in [-0.1, -0.05) is 12.1 Å². The predicted octanol–water partition coefficient (Wildman–Crippen LogP) is 1.94. The number of nitrogens with one attached hydrogen (secondary N) is 1. The van der Waals surface area contributed by atoms with Crippen LogP contribution in [0.1, 0.15) is 5.56 Å².